The molecule has 1 unspecified atom stereocenters. The predicted octanol–water partition coefficient (Wildman–Crippen LogP) is 3.32. The average molecular weight is 339 g/mol. The Bertz CT molecular complexity index is 680. The number of nitrogens with zero attached hydrogens (tertiary/aromatic N) is 2. The van der Waals surface area contributed by atoms with Crippen molar-refractivity contribution in [2.24, 2.45) is 11.3 Å². The molecule has 1 aliphatic heterocycles. The van der Waals surface area contributed by atoms with Crippen LogP contribution in [-0.2, 0) is 0 Å². The highest BCUT2D eigenvalue weighted by Gasteiger charge is 2.55. The number of amides is 2. The summed E-state index contributed by atoms with van der Waals surface area (Å²) in [6.07, 6.45) is 6.66. The van der Waals surface area contributed by atoms with E-state index in [0.29, 0.717) is 36.4 Å². The van der Waals surface area contributed by atoms with E-state index in [2.05, 4.69) is 37.4 Å². The number of nitriles is 1. The summed E-state index contributed by atoms with van der Waals surface area (Å²) in [6.45, 7) is 6.09. The van der Waals surface area contributed by atoms with Gasteiger partial charge in [0.15, 0.2) is 0 Å². The molecule has 1 spiro atoms. The second-order valence-corrected chi connectivity index (χ2v) is 7.28. The van der Waals surface area contributed by atoms with Gasteiger partial charge in [-0.2, -0.15) is 5.26 Å². The van der Waals surface area contributed by atoms with E-state index in [1.54, 1.807) is 24.3 Å². The molecule has 0 aromatic heterocycles. The molecule has 2 amide bonds. The highest BCUT2D eigenvalue weighted by Crippen LogP contribution is 2.50. The average Bonchev–Trinajstić information content (AvgIpc) is 3.08. The Hall–Kier alpha value is -2.48. The number of carbonyl (C=O) groups excluding carboxylic acids is 1. The largest absolute Gasteiger partial charge is 0.492 e. The highest BCUT2D eigenvalue weighted by molar-refractivity contribution is 5.76. The summed E-state index contributed by atoms with van der Waals surface area (Å²) in [5.74, 6) is 1.16. The fourth-order valence-electron chi connectivity index (χ4n) is 4.16. The van der Waals surface area contributed by atoms with Crippen molar-refractivity contribution in [3.8, 4) is 11.8 Å². The van der Waals surface area contributed by atoms with Gasteiger partial charge in [0, 0.05) is 18.0 Å². The van der Waals surface area contributed by atoms with E-state index in [4.69, 9.17) is 10.00 Å². The normalized spacial score (nSPS) is 20.4. The molecule has 25 heavy (non-hydrogen) atoms. The van der Waals surface area contributed by atoms with Crippen LogP contribution in [0.15, 0.2) is 36.4 Å². The lowest BCUT2D eigenvalue weighted by Gasteiger charge is -2.58. The van der Waals surface area contributed by atoms with Crippen LogP contribution in [0.3, 0.4) is 0 Å². The van der Waals surface area contributed by atoms with Gasteiger partial charge in [-0.05, 0) is 43.0 Å². The fourth-order valence-corrected chi connectivity index (χ4v) is 4.16. The quantitative estimate of drug-likeness (QED) is 0.661. The summed E-state index contributed by atoms with van der Waals surface area (Å²) in [4.78, 5) is 14.4. The van der Waals surface area contributed by atoms with Crippen molar-refractivity contribution in [1.82, 2.24) is 10.2 Å². The molecular formula is C20H25N3O2. The molecule has 3 rings (SSSR count). The number of rotatable bonds is 5. The molecule has 1 aromatic carbocycles. The van der Waals surface area contributed by atoms with Crippen LogP contribution in [0.5, 0.6) is 5.75 Å². The summed E-state index contributed by atoms with van der Waals surface area (Å²) >= 11 is 0. The van der Waals surface area contributed by atoms with Crippen LogP contribution in [0.1, 0.15) is 32.3 Å². The third-order valence-electron chi connectivity index (χ3n) is 5.19. The number of nitrogens with one attached hydrogen (secondary N) is 1. The lowest BCUT2D eigenvalue weighted by Crippen LogP contribution is -2.69. The Kier molecular flexibility index (Phi) is 4.98. The molecular weight excluding hydrogens is 314 g/mol. The minimum absolute atomic E-state index is 0.000321. The van der Waals surface area contributed by atoms with Gasteiger partial charge in [0.2, 0.25) is 0 Å². The monoisotopic (exact) mass is 339 g/mol. The van der Waals surface area contributed by atoms with Crippen molar-refractivity contribution in [2.75, 3.05) is 19.7 Å². The first kappa shape index (κ1) is 17.3. The van der Waals surface area contributed by atoms with E-state index in [-0.39, 0.29) is 11.4 Å². The lowest BCUT2D eigenvalue weighted by atomic mass is 9.65. The number of ether oxygens (including phenoxy) is 1. The van der Waals surface area contributed by atoms with Crippen LogP contribution in [0.2, 0.25) is 0 Å². The summed E-state index contributed by atoms with van der Waals surface area (Å²) in [7, 11) is 0. The first-order valence-corrected chi connectivity index (χ1v) is 8.88. The van der Waals surface area contributed by atoms with Crippen molar-refractivity contribution in [3.63, 3.8) is 0 Å². The summed E-state index contributed by atoms with van der Waals surface area (Å²) in [5.41, 5.74) is 0.873. The van der Waals surface area contributed by atoms with E-state index in [1.807, 2.05) is 4.90 Å². The zero-order valence-electron chi connectivity index (χ0n) is 14.9. The van der Waals surface area contributed by atoms with Crippen molar-refractivity contribution in [1.29, 1.82) is 5.26 Å². The maximum atomic E-state index is 12.5. The molecule has 0 radical (unpaired) electrons. The van der Waals surface area contributed by atoms with Crippen LogP contribution in [0.4, 0.5) is 4.79 Å². The molecule has 1 fully saturated rings. The number of hydrogen-bond acceptors (Lipinski definition) is 3. The molecule has 5 nitrogen and oxygen atoms in total. The summed E-state index contributed by atoms with van der Waals surface area (Å²) in [5, 5.41) is 11.7. The zero-order chi connectivity index (χ0) is 17.9. The maximum Gasteiger partial charge on any atom is 0.317 e. The molecule has 0 bridgehead atoms. The molecule has 1 saturated heterocycles. The van der Waals surface area contributed by atoms with Gasteiger partial charge in [0.05, 0.1) is 18.2 Å². The second kappa shape index (κ2) is 7.18. The molecule has 1 aromatic rings. The molecule has 5 heteroatoms. The predicted molar refractivity (Wildman–Crippen MR) is 96.2 cm³/mol. The molecule has 2 aliphatic rings. The minimum Gasteiger partial charge on any atom is -0.492 e. The smallest absolute Gasteiger partial charge is 0.317 e. The number of likely N-dealkylation sites (tertiary alicyclic amines) is 1. The van der Waals surface area contributed by atoms with Crippen molar-refractivity contribution < 1.29 is 9.53 Å². The van der Waals surface area contributed by atoms with E-state index in [1.165, 1.54) is 0 Å². The first-order chi connectivity index (χ1) is 12.1. The molecule has 1 aliphatic carbocycles. The standard InChI is InChI=1S/C20H25N3O2/c1-15(2)18-20(9-3-4-10-20)14-23(18)19(24)22-11-12-25-17-7-5-16(13-21)6-8-17/h3-8,15,18H,9-12,14H2,1-2H3,(H,22,24). The topological polar surface area (TPSA) is 65.4 Å². The minimum atomic E-state index is -0.000321. The summed E-state index contributed by atoms with van der Waals surface area (Å²) < 4.78 is 5.60. The van der Waals surface area contributed by atoms with Gasteiger partial charge in [-0.25, -0.2) is 4.79 Å². The van der Waals surface area contributed by atoms with E-state index >= 15 is 0 Å². The number of carbonyl (C=O) groups is 1. The third-order valence-corrected chi connectivity index (χ3v) is 5.19. The van der Waals surface area contributed by atoms with E-state index < -0.39 is 0 Å². The number of benzene rings is 1. The summed E-state index contributed by atoms with van der Waals surface area (Å²) in [6, 6.07) is 9.35. The Balaban J connectivity index is 1.44. The molecule has 132 valence electrons. The van der Waals surface area contributed by atoms with E-state index in [0.717, 1.165) is 19.4 Å². The first-order valence-electron chi connectivity index (χ1n) is 8.88. The SMILES string of the molecule is CC(C)C1N(C(=O)NCCOc2ccc(C#N)cc2)CC12CC=CC2. The van der Waals surface area contributed by atoms with E-state index in [9.17, 15) is 4.79 Å². The number of urea groups is 1. The Morgan fingerprint density at radius 2 is 2.04 bits per heavy atom. The van der Waals surface area contributed by atoms with Gasteiger partial charge >= 0.3 is 6.03 Å². The highest BCUT2D eigenvalue weighted by atomic mass is 16.5. The van der Waals surface area contributed by atoms with Crippen LogP contribution in [0.25, 0.3) is 0 Å². The van der Waals surface area contributed by atoms with Gasteiger partial charge in [0.25, 0.3) is 0 Å². The van der Waals surface area contributed by atoms with Crippen LogP contribution >= 0.6 is 0 Å². The van der Waals surface area contributed by atoms with Crippen LogP contribution in [-0.4, -0.2) is 36.7 Å². The lowest BCUT2D eigenvalue weighted by molar-refractivity contribution is -0.0576. The third kappa shape index (κ3) is 3.48. The molecule has 1 N–H and O–H groups in total. The number of allylic oxidation sites excluding steroid dienone is 2. The fraction of sp³-hybridized carbons (Fsp3) is 0.500. The van der Waals surface area contributed by atoms with Gasteiger partial charge in [0.1, 0.15) is 12.4 Å². The van der Waals surface area contributed by atoms with Gasteiger partial charge in [-0.15, -0.1) is 0 Å². The Morgan fingerprint density at radius 1 is 1.36 bits per heavy atom. The van der Waals surface area contributed by atoms with Crippen LogP contribution in [0, 0.1) is 22.7 Å². The van der Waals surface area contributed by atoms with Crippen LogP contribution < -0.4 is 10.1 Å². The Labute approximate surface area is 149 Å². The van der Waals surface area contributed by atoms with Gasteiger partial charge in [-0.1, -0.05) is 26.0 Å². The second-order valence-electron chi connectivity index (χ2n) is 7.28. The molecule has 1 heterocycles. The van der Waals surface area contributed by atoms with Gasteiger partial charge in [-0.3, -0.25) is 0 Å². The maximum absolute atomic E-state index is 12.5. The van der Waals surface area contributed by atoms with Crippen molar-refractivity contribution >= 4 is 6.03 Å². The van der Waals surface area contributed by atoms with Crippen molar-refractivity contribution in [3.05, 3.63) is 42.0 Å². The van der Waals surface area contributed by atoms with Crippen molar-refractivity contribution in [2.45, 2.75) is 32.7 Å². The number of hydrogen-bond donors (Lipinski definition) is 1. The Morgan fingerprint density at radius 3 is 2.64 bits per heavy atom. The molecule has 1 atom stereocenters. The molecule has 0 saturated carbocycles. The van der Waals surface area contributed by atoms with Gasteiger partial charge < -0.3 is 15.0 Å². The zero-order valence-corrected chi connectivity index (χ0v) is 14.9.